The maximum Gasteiger partial charge on any atom is 0.340 e. The van der Waals surface area contributed by atoms with Crippen LogP contribution >= 0.6 is 0 Å². The van der Waals surface area contributed by atoms with Crippen LogP contribution in [0.5, 0.6) is 0 Å². The lowest BCUT2D eigenvalue weighted by Crippen LogP contribution is -2.11. The molecule has 3 aromatic rings. The third kappa shape index (κ3) is 3.26. The normalized spacial score (nSPS) is 10.3. The summed E-state index contributed by atoms with van der Waals surface area (Å²) in [5, 5.41) is 13.8. The predicted molar refractivity (Wildman–Crippen MR) is 92.9 cm³/mol. The van der Waals surface area contributed by atoms with Gasteiger partial charge in [-0.05, 0) is 37.3 Å². The monoisotopic (exact) mass is 350 g/mol. The Kier molecular flexibility index (Phi) is 4.67. The second-order valence-electron chi connectivity index (χ2n) is 5.57. The molecular weight excluding hydrogens is 335 g/mol. The number of nitrogens with zero attached hydrogens (tertiary/aromatic N) is 3. The highest BCUT2D eigenvalue weighted by molar-refractivity contribution is 5.95. The highest BCUT2D eigenvalue weighted by Crippen LogP contribution is 2.20. The van der Waals surface area contributed by atoms with Crippen LogP contribution in [0, 0.1) is 24.1 Å². The quantitative estimate of drug-likeness (QED) is 0.576. The zero-order valence-corrected chi connectivity index (χ0v) is 13.9. The molecule has 1 heterocycles. The number of esters is 1. The van der Waals surface area contributed by atoms with Crippen LogP contribution in [-0.2, 0) is 11.3 Å². The van der Waals surface area contributed by atoms with Gasteiger partial charge in [0, 0.05) is 5.69 Å². The minimum atomic E-state index is -0.704. The fraction of sp³-hybridized carbons (Fsp3) is 0.105. The number of rotatable bonds is 4. The van der Waals surface area contributed by atoms with Crippen molar-refractivity contribution in [3.63, 3.8) is 0 Å². The molecule has 0 saturated heterocycles. The number of benzene rings is 2. The Morgan fingerprint density at radius 1 is 1.31 bits per heavy atom. The Balaban J connectivity index is 1.90. The Morgan fingerprint density at radius 2 is 2.04 bits per heavy atom. The molecule has 0 fully saturated rings. The van der Waals surface area contributed by atoms with E-state index >= 15 is 0 Å². The van der Waals surface area contributed by atoms with Crippen molar-refractivity contribution in [3.05, 3.63) is 76.9 Å². The number of hydrogen-bond acceptors (Lipinski definition) is 5. The lowest BCUT2D eigenvalue weighted by molar-refractivity contribution is 0.0466. The molecule has 0 aliphatic heterocycles. The molecule has 0 aliphatic carbocycles. The van der Waals surface area contributed by atoms with Crippen LogP contribution < -0.4 is 5.73 Å². The summed E-state index contributed by atoms with van der Waals surface area (Å²) >= 11 is 0. The number of carbonyl (C=O) groups excluding carboxylic acids is 1. The summed E-state index contributed by atoms with van der Waals surface area (Å²) in [6.07, 6.45) is 0. The number of aryl methyl sites for hydroxylation is 1. The number of hydrogen-bond donors (Lipinski definition) is 1. The van der Waals surface area contributed by atoms with Gasteiger partial charge in [-0.2, -0.15) is 10.4 Å². The Morgan fingerprint density at radius 3 is 2.69 bits per heavy atom. The molecule has 0 radical (unpaired) electrons. The Hall–Kier alpha value is -3.66. The van der Waals surface area contributed by atoms with Crippen molar-refractivity contribution >= 4 is 11.7 Å². The van der Waals surface area contributed by atoms with Crippen molar-refractivity contribution < 1.29 is 13.9 Å². The Bertz CT molecular complexity index is 1010. The minimum absolute atomic E-state index is 0.0109. The Labute approximate surface area is 149 Å². The van der Waals surface area contributed by atoms with E-state index in [0.29, 0.717) is 17.0 Å². The summed E-state index contributed by atoms with van der Waals surface area (Å²) < 4.78 is 20.0. The summed E-state index contributed by atoms with van der Waals surface area (Å²) in [5.41, 5.74) is 7.78. The van der Waals surface area contributed by atoms with Gasteiger partial charge >= 0.3 is 5.97 Å². The van der Waals surface area contributed by atoms with Crippen LogP contribution in [0.15, 0.2) is 48.5 Å². The van der Waals surface area contributed by atoms with Gasteiger partial charge in [0.2, 0.25) is 0 Å². The number of halogens is 1. The smallest absolute Gasteiger partial charge is 0.340 e. The van der Waals surface area contributed by atoms with Gasteiger partial charge in [0.25, 0.3) is 0 Å². The fourth-order valence-electron chi connectivity index (χ4n) is 2.57. The number of para-hydroxylation sites is 1. The molecule has 0 atom stereocenters. The number of ether oxygens (including phenoxy) is 1. The van der Waals surface area contributed by atoms with Crippen molar-refractivity contribution in [1.82, 2.24) is 9.78 Å². The third-order valence-electron chi connectivity index (χ3n) is 3.84. The first kappa shape index (κ1) is 17.2. The predicted octanol–water partition coefficient (Wildman–Crippen LogP) is 3.13. The average molecular weight is 350 g/mol. The lowest BCUT2D eigenvalue weighted by Gasteiger charge is -2.10. The molecule has 2 N–H and O–H groups in total. The van der Waals surface area contributed by atoms with Gasteiger partial charge in [-0.15, -0.1) is 0 Å². The molecule has 130 valence electrons. The highest BCUT2D eigenvalue weighted by atomic mass is 19.1. The van der Waals surface area contributed by atoms with Crippen molar-refractivity contribution in [3.8, 4) is 11.8 Å². The fourth-order valence-corrected chi connectivity index (χ4v) is 2.57. The van der Waals surface area contributed by atoms with E-state index in [2.05, 4.69) is 11.2 Å². The van der Waals surface area contributed by atoms with E-state index in [4.69, 9.17) is 10.5 Å². The molecule has 0 spiro atoms. The maximum absolute atomic E-state index is 13.1. The van der Waals surface area contributed by atoms with E-state index < -0.39 is 11.8 Å². The molecule has 0 amide bonds. The SMILES string of the molecule is Cc1nn(-c2ccccc2)c(COC(=O)c2ccc(F)cc2N)c1C#N. The zero-order chi connectivity index (χ0) is 18.7. The number of nitrogen functional groups attached to an aromatic ring is 1. The number of anilines is 1. The summed E-state index contributed by atoms with van der Waals surface area (Å²) in [7, 11) is 0. The van der Waals surface area contributed by atoms with Crippen LogP contribution in [-0.4, -0.2) is 15.7 Å². The molecule has 0 unspecified atom stereocenters. The first-order chi connectivity index (χ1) is 12.5. The van der Waals surface area contributed by atoms with E-state index in [1.165, 1.54) is 6.07 Å². The van der Waals surface area contributed by atoms with Gasteiger partial charge in [0.05, 0.1) is 22.6 Å². The molecule has 7 heteroatoms. The van der Waals surface area contributed by atoms with Gasteiger partial charge in [0.15, 0.2) is 0 Å². The topological polar surface area (TPSA) is 93.9 Å². The molecule has 1 aromatic heterocycles. The number of nitriles is 1. The van der Waals surface area contributed by atoms with Crippen molar-refractivity contribution in [2.45, 2.75) is 13.5 Å². The summed E-state index contributed by atoms with van der Waals surface area (Å²) in [6.45, 7) is 1.54. The van der Waals surface area contributed by atoms with Gasteiger partial charge in [-0.1, -0.05) is 18.2 Å². The minimum Gasteiger partial charge on any atom is -0.455 e. The lowest BCUT2D eigenvalue weighted by atomic mass is 10.2. The van der Waals surface area contributed by atoms with Crippen LogP contribution in [0.3, 0.4) is 0 Å². The van der Waals surface area contributed by atoms with Crippen LogP contribution in [0.2, 0.25) is 0 Å². The van der Waals surface area contributed by atoms with Crippen LogP contribution in [0.1, 0.15) is 27.3 Å². The average Bonchev–Trinajstić information content (AvgIpc) is 2.96. The van der Waals surface area contributed by atoms with Gasteiger partial charge in [-0.25, -0.2) is 13.9 Å². The third-order valence-corrected chi connectivity index (χ3v) is 3.84. The molecular formula is C19H15FN4O2. The molecule has 2 aromatic carbocycles. The van der Waals surface area contributed by atoms with Crippen LogP contribution in [0.25, 0.3) is 5.69 Å². The number of aromatic nitrogens is 2. The van der Waals surface area contributed by atoms with E-state index in [9.17, 15) is 14.4 Å². The van der Waals surface area contributed by atoms with Crippen molar-refractivity contribution in [1.29, 1.82) is 5.26 Å². The second-order valence-corrected chi connectivity index (χ2v) is 5.57. The van der Waals surface area contributed by atoms with Gasteiger partial charge < -0.3 is 10.5 Å². The van der Waals surface area contributed by atoms with Gasteiger partial charge in [-0.3, -0.25) is 0 Å². The number of nitrogens with two attached hydrogens (primary N) is 1. The van der Waals surface area contributed by atoms with E-state index in [1.807, 2.05) is 30.3 Å². The van der Waals surface area contributed by atoms with Crippen LogP contribution in [0.4, 0.5) is 10.1 Å². The largest absolute Gasteiger partial charge is 0.455 e. The summed E-state index contributed by atoms with van der Waals surface area (Å²) in [6, 6.07) is 14.7. The molecule has 26 heavy (non-hydrogen) atoms. The highest BCUT2D eigenvalue weighted by Gasteiger charge is 2.19. The summed E-state index contributed by atoms with van der Waals surface area (Å²) in [4.78, 5) is 12.3. The van der Waals surface area contributed by atoms with Crippen molar-refractivity contribution in [2.24, 2.45) is 0 Å². The molecule has 0 aliphatic rings. The maximum atomic E-state index is 13.1. The van der Waals surface area contributed by atoms with Gasteiger partial charge in [0.1, 0.15) is 24.1 Å². The molecule has 0 saturated carbocycles. The summed E-state index contributed by atoms with van der Waals surface area (Å²) in [5.74, 6) is -1.24. The first-order valence-corrected chi connectivity index (χ1v) is 7.77. The van der Waals surface area contributed by atoms with E-state index in [0.717, 1.165) is 17.8 Å². The molecule has 0 bridgehead atoms. The molecule has 3 rings (SSSR count). The number of carbonyl (C=O) groups is 1. The van der Waals surface area contributed by atoms with E-state index in [-0.39, 0.29) is 17.9 Å². The van der Waals surface area contributed by atoms with E-state index in [1.54, 1.807) is 11.6 Å². The standard InChI is InChI=1S/C19H15FN4O2/c1-12-16(10-21)18(24(23-12)14-5-3-2-4-6-14)11-26-19(25)15-8-7-13(20)9-17(15)22/h2-9H,11,22H2,1H3. The zero-order valence-electron chi connectivity index (χ0n) is 13.9. The second kappa shape index (κ2) is 7.07. The first-order valence-electron chi connectivity index (χ1n) is 7.77. The van der Waals surface area contributed by atoms with Crippen molar-refractivity contribution in [2.75, 3.05) is 5.73 Å². The molecule has 6 nitrogen and oxygen atoms in total.